The number of carbonyl (C=O) groups excluding carboxylic acids is 2. The first-order valence-corrected chi connectivity index (χ1v) is 18.7. The summed E-state index contributed by atoms with van der Waals surface area (Å²) < 4.78 is 26.1. The van der Waals surface area contributed by atoms with E-state index in [2.05, 4.69) is 54.8 Å². The molecular weight excluding hydrogens is 607 g/mol. The van der Waals surface area contributed by atoms with Crippen molar-refractivity contribution in [2.45, 2.75) is 142 Å². The minimum atomic E-state index is -4.80. The molecule has 0 rings (SSSR count). The van der Waals surface area contributed by atoms with Crippen molar-refractivity contribution in [3.05, 3.63) is 60.8 Å². The Morgan fingerprint density at radius 2 is 1.22 bits per heavy atom. The third-order valence-corrected chi connectivity index (χ3v) is 7.39. The van der Waals surface area contributed by atoms with E-state index >= 15 is 0 Å². The number of hydrogen-bond donors (Lipinski definition) is 3. The Kier molecular flexibility index (Phi) is 29.8. The van der Waals surface area contributed by atoms with Gasteiger partial charge < -0.3 is 24.4 Å². The molecule has 0 aliphatic rings. The second kappa shape index (κ2) is 31.3. The van der Waals surface area contributed by atoms with Crippen LogP contribution in [0.2, 0.25) is 0 Å². The van der Waals surface area contributed by atoms with Gasteiger partial charge >= 0.3 is 19.8 Å². The summed E-state index contributed by atoms with van der Waals surface area (Å²) in [5.41, 5.74) is 0. The minimum absolute atomic E-state index is 0.0200. The Balaban J connectivity index is 4.26. The number of unbranched alkanes of at least 4 members (excludes halogenated alkanes) is 9. The molecule has 264 valence electrons. The van der Waals surface area contributed by atoms with Gasteiger partial charge in [0.2, 0.25) is 0 Å². The van der Waals surface area contributed by atoms with Gasteiger partial charge in [-0.25, -0.2) is 4.57 Å². The third kappa shape index (κ3) is 33.1. The highest BCUT2D eigenvalue weighted by Gasteiger charge is 2.23. The highest BCUT2D eigenvalue weighted by Crippen LogP contribution is 2.35. The molecule has 0 aromatic heterocycles. The van der Waals surface area contributed by atoms with Gasteiger partial charge in [0.15, 0.2) is 6.10 Å². The van der Waals surface area contributed by atoms with Crippen molar-refractivity contribution >= 4 is 19.8 Å². The smallest absolute Gasteiger partial charge is 0.462 e. The van der Waals surface area contributed by atoms with Crippen molar-refractivity contribution in [3.63, 3.8) is 0 Å². The lowest BCUT2D eigenvalue weighted by atomic mass is 10.1. The molecule has 46 heavy (non-hydrogen) atoms. The Morgan fingerprint density at radius 3 is 1.80 bits per heavy atom. The fourth-order valence-electron chi connectivity index (χ4n) is 4.34. The van der Waals surface area contributed by atoms with Crippen LogP contribution in [0, 0.1) is 0 Å². The lowest BCUT2D eigenvalue weighted by Crippen LogP contribution is -2.29. The van der Waals surface area contributed by atoms with Crippen LogP contribution in [0.1, 0.15) is 129 Å². The third-order valence-electron chi connectivity index (χ3n) is 6.90. The second-order valence-electron chi connectivity index (χ2n) is 11.3. The monoisotopic (exact) mass is 668 g/mol. The summed E-state index contributed by atoms with van der Waals surface area (Å²) in [7, 11) is -4.80. The van der Waals surface area contributed by atoms with Gasteiger partial charge in [-0.15, -0.1) is 0 Å². The summed E-state index contributed by atoms with van der Waals surface area (Å²) in [5, 5.41) is 10.1. The number of phosphoric ester groups is 1. The molecule has 0 bridgehead atoms. The molecule has 10 heteroatoms. The van der Waals surface area contributed by atoms with Crippen molar-refractivity contribution < 1.29 is 43.0 Å². The second-order valence-corrected chi connectivity index (χ2v) is 12.6. The zero-order valence-corrected chi connectivity index (χ0v) is 29.2. The van der Waals surface area contributed by atoms with Crippen molar-refractivity contribution in [2.75, 3.05) is 13.2 Å². The molecule has 0 aliphatic heterocycles. The van der Waals surface area contributed by atoms with Crippen LogP contribution < -0.4 is 0 Å². The molecule has 0 radical (unpaired) electrons. The zero-order chi connectivity index (χ0) is 34.1. The van der Waals surface area contributed by atoms with E-state index in [0.717, 1.165) is 44.9 Å². The van der Waals surface area contributed by atoms with E-state index in [1.54, 1.807) is 12.2 Å². The van der Waals surface area contributed by atoms with Crippen LogP contribution in [0.3, 0.4) is 0 Å². The van der Waals surface area contributed by atoms with E-state index in [0.29, 0.717) is 19.3 Å². The Morgan fingerprint density at radius 1 is 0.674 bits per heavy atom. The van der Waals surface area contributed by atoms with Gasteiger partial charge in [-0.1, -0.05) is 132 Å². The first-order chi connectivity index (χ1) is 22.2. The van der Waals surface area contributed by atoms with E-state index in [4.69, 9.17) is 19.3 Å². The highest BCUT2D eigenvalue weighted by molar-refractivity contribution is 7.46. The van der Waals surface area contributed by atoms with E-state index in [1.807, 2.05) is 12.2 Å². The van der Waals surface area contributed by atoms with Crippen LogP contribution in [0.5, 0.6) is 0 Å². The molecule has 0 fully saturated rings. The summed E-state index contributed by atoms with van der Waals surface area (Å²) in [5.74, 6) is -1.10. The van der Waals surface area contributed by atoms with Crippen molar-refractivity contribution in [1.82, 2.24) is 0 Å². The maximum atomic E-state index is 12.3. The number of phosphoric acid groups is 1. The van der Waals surface area contributed by atoms with Crippen LogP contribution in [0.4, 0.5) is 0 Å². The minimum Gasteiger partial charge on any atom is -0.462 e. The number of aliphatic hydroxyl groups is 1. The Hall–Kier alpha value is -2.29. The molecule has 0 heterocycles. The number of allylic oxidation sites excluding steroid dienone is 9. The van der Waals surface area contributed by atoms with Gasteiger partial charge in [0.25, 0.3) is 0 Å². The molecule has 3 N–H and O–H groups in total. The first kappa shape index (κ1) is 43.7. The molecule has 0 amide bonds. The Labute approximate surface area is 278 Å². The molecule has 0 aliphatic carbocycles. The normalized spacial score (nSPS) is 13.9. The van der Waals surface area contributed by atoms with Crippen LogP contribution in [-0.4, -0.2) is 52.3 Å². The van der Waals surface area contributed by atoms with E-state index in [1.165, 1.54) is 38.5 Å². The van der Waals surface area contributed by atoms with Crippen molar-refractivity contribution in [1.29, 1.82) is 0 Å². The summed E-state index contributed by atoms with van der Waals surface area (Å²) in [6, 6.07) is 0. The van der Waals surface area contributed by atoms with E-state index in [-0.39, 0.29) is 19.4 Å². The maximum absolute atomic E-state index is 12.3. The number of ether oxygens (including phenoxy) is 2. The number of aliphatic hydroxyl groups excluding tert-OH is 1. The van der Waals surface area contributed by atoms with Gasteiger partial charge in [0.05, 0.1) is 12.7 Å². The van der Waals surface area contributed by atoms with Crippen LogP contribution >= 0.6 is 7.82 Å². The predicted octanol–water partition coefficient (Wildman–Crippen LogP) is 8.75. The molecule has 2 atom stereocenters. The lowest BCUT2D eigenvalue weighted by Gasteiger charge is -2.18. The average Bonchev–Trinajstić information content (AvgIpc) is 3.01. The topological polar surface area (TPSA) is 140 Å². The lowest BCUT2D eigenvalue weighted by molar-refractivity contribution is -0.161. The fraction of sp³-hybridized carbons (Fsp3) is 0.667. The summed E-state index contributed by atoms with van der Waals surface area (Å²) in [6.07, 6.45) is 34.1. The molecule has 9 nitrogen and oxygen atoms in total. The highest BCUT2D eigenvalue weighted by atomic mass is 31.2. The maximum Gasteiger partial charge on any atom is 0.469 e. The molecule has 1 unspecified atom stereocenters. The molecule has 0 aromatic carbocycles. The van der Waals surface area contributed by atoms with Gasteiger partial charge in [-0.05, 0) is 44.9 Å². The molecule has 0 saturated carbocycles. The summed E-state index contributed by atoms with van der Waals surface area (Å²) >= 11 is 0. The summed E-state index contributed by atoms with van der Waals surface area (Å²) in [6.45, 7) is 3.35. The van der Waals surface area contributed by atoms with Crippen LogP contribution in [0.15, 0.2) is 60.8 Å². The largest absolute Gasteiger partial charge is 0.469 e. The Bertz CT molecular complexity index is 949. The van der Waals surface area contributed by atoms with Gasteiger partial charge in [0.1, 0.15) is 6.61 Å². The predicted molar refractivity (Wildman–Crippen MR) is 185 cm³/mol. The number of hydrogen-bond acceptors (Lipinski definition) is 7. The number of esters is 2. The van der Waals surface area contributed by atoms with Crippen molar-refractivity contribution in [3.8, 4) is 0 Å². The number of carbonyl (C=O) groups is 2. The van der Waals surface area contributed by atoms with Crippen LogP contribution in [-0.2, 0) is 28.2 Å². The van der Waals surface area contributed by atoms with E-state index in [9.17, 15) is 19.3 Å². The van der Waals surface area contributed by atoms with Gasteiger partial charge in [0, 0.05) is 12.8 Å². The molecule has 0 saturated heterocycles. The standard InChI is InChI=1S/C36H61O9P/c1-3-5-7-9-11-13-15-16-17-18-20-22-24-27-33(37)28-26-30-36(39)45-34(32-44-46(40,41)42)31-43-35(38)29-25-23-21-19-14-12-10-8-6-4-2/h5,7,11,13,16-17,20,22,24,27,33-34,37H,3-4,6,8-10,12,14-15,18-19,21,23,25-26,28-32H2,1-2H3,(H2,40,41,42)/b7-5-,13-11-,17-16-,22-20-,27-24+/t33?,34-/m1/s1. The van der Waals surface area contributed by atoms with Crippen molar-refractivity contribution in [2.24, 2.45) is 0 Å². The zero-order valence-electron chi connectivity index (χ0n) is 28.3. The van der Waals surface area contributed by atoms with Crippen LogP contribution in [0.25, 0.3) is 0 Å². The molecule has 0 aromatic rings. The SMILES string of the molecule is CC/C=C\C/C=C\C/C=C\C/C=C\C=C\C(O)CCCC(=O)O[C@H](COC(=O)CCCCCCCCCCCC)COP(=O)(O)O. The van der Waals surface area contributed by atoms with Gasteiger partial charge in [-0.2, -0.15) is 0 Å². The average molecular weight is 669 g/mol. The van der Waals surface area contributed by atoms with E-state index < -0.39 is 38.6 Å². The fourth-order valence-corrected chi connectivity index (χ4v) is 4.70. The van der Waals surface area contributed by atoms with Gasteiger partial charge in [-0.3, -0.25) is 14.1 Å². The summed E-state index contributed by atoms with van der Waals surface area (Å²) in [4.78, 5) is 42.5. The molecule has 0 spiro atoms. The molecular formula is C36H61O9P. The number of rotatable bonds is 30. The quantitative estimate of drug-likeness (QED) is 0.0225. The first-order valence-electron chi connectivity index (χ1n) is 17.2.